The quantitative estimate of drug-likeness (QED) is 0.0206. The highest BCUT2D eigenvalue weighted by atomic mass is 31.2. The van der Waals surface area contributed by atoms with E-state index in [-0.39, 0.29) is 32.6 Å². The van der Waals surface area contributed by atoms with Gasteiger partial charge in [0, 0.05) is 19.4 Å². The van der Waals surface area contributed by atoms with Crippen molar-refractivity contribution in [1.29, 1.82) is 0 Å². The number of allylic oxidation sites excluding steroid dienone is 5. The lowest BCUT2D eigenvalue weighted by molar-refractivity contribution is -0.161. The van der Waals surface area contributed by atoms with Crippen molar-refractivity contribution in [3.05, 3.63) is 36.5 Å². The standard InChI is InChI=1S/C41H74NO9P/c1-3-5-7-8-9-10-11-12-13-17-20-23-27-31-40(43)47-35-37(36-49-52(45,46)48-34-33-42)50-41(44)32-28-24-21-18-15-14-16-19-22-26-30-39-38(51-39)29-25-6-4-2/h14,16,18,21-22,26,37-39H,3-13,15,17,19-20,23-25,27-36,42H2,1-2H3,(H,45,46)/b16-14-,21-18-,26-22-/t37-,38?,39?/m1/s1. The minimum atomic E-state index is -4.39. The van der Waals surface area contributed by atoms with Crippen molar-refractivity contribution >= 4 is 19.8 Å². The van der Waals surface area contributed by atoms with Gasteiger partial charge in [-0.25, -0.2) is 4.57 Å². The van der Waals surface area contributed by atoms with Crippen LogP contribution in [-0.4, -0.2) is 61.5 Å². The van der Waals surface area contributed by atoms with Gasteiger partial charge in [0.25, 0.3) is 0 Å². The molecule has 0 radical (unpaired) electrons. The summed E-state index contributed by atoms with van der Waals surface area (Å²) in [5.74, 6) is -0.897. The number of nitrogens with two attached hydrogens (primary N) is 1. The number of epoxide rings is 1. The Hall–Kier alpha value is -1.81. The molecule has 1 aliphatic rings. The van der Waals surface area contributed by atoms with Gasteiger partial charge in [-0.15, -0.1) is 0 Å². The average Bonchev–Trinajstić information content (AvgIpc) is 3.88. The van der Waals surface area contributed by atoms with E-state index in [1.165, 1.54) is 89.9 Å². The molecule has 1 fully saturated rings. The van der Waals surface area contributed by atoms with Gasteiger partial charge in [-0.1, -0.05) is 147 Å². The Balaban J connectivity index is 2.23. The van der Waals surface area contributed by atoms with Gasteiger partial charge in [0.2, 0.25) is 0 Å². The number of rotatable bonds is 37. The molecule has 302 valence electrons. The first kappa shape index (κ1) is 48.2. The molecule has 11 heteroatoms. The van der Waals surface area contributed by atoms with Gasteiger partial charge >= 0.3 is 19.8 Å². The Morgan fingerprint density at radius 1 is 0.692 bits per heavy atom. The van der Waals surface area contributed by atoms with E-state index in [1.54, 1.807) is 0 Å². The van der Waals surface area contributed by atoms with Gasteiger partial charge in [0.1, 0.15) is 6.61 Å². The zero-order valence-electron chi connectivity index (χ0n) is 32.7. The zero-order valence-corrected chi connectivity index (χ0v) is 33.6. The van der Waals surface area contributed by atoms with Crippen molar-refractivity contribution in [3.63, 3.8) is 0 Å². The summed E-state index contributed by atoms with van der Waals surface area (Å²) < 4.78 is 38.4. The molecule has 0 aliphatic carbocycles. The van der Waals surface area contributed by atoms with E-state index in [1.807, 2.05) is 6.08 Å². The van der Waals surface area contributed by atoms with E-state index in [9.17, 15) is 19.0 Å². The number of hydrogen-bond donors (Lipinski definition) is 2. The lowest BCUT2D eigenvalue weighted by Gasteiger charge is -2.19. The van der Waals surface area contributed by atoms with Crippen molar-refractivity contribution in [2.24, 2.45) is 5.73 Å². The fourth-order valence-electron chi connectivity index (χ4n) is 5.78. The molecule has 0 aromatic carbocycles. The molecule has 1 saturated heterocycles. The minimum absolute atomic E-state index is 0.0431. The second-order valence-electron chi connectivity index (χ2n) is 13.9. The highest BCUT2D eigenvalue weighted by Crippen LogP contribution is 2.43. The van der Waals surface area contributed by atoms with Crippen molar-refractivity contribution in [3.8, 4) is 0 Å². The zero-order chi connectivity index (χ0) is 38.0. The van der Waals surface area contributed by atoms with E-state index >= 15 is 0 Å². The summed E-state index contributed by atoms with van der Waals surface area (Å²) in [4.78, 5) is 34.8. The van der Waals surface area contributed by atoms with Crippen LogP contribution in [0.25, 0.3) is 0 Å². The number of phosphoric acid groups is 1. The number of esters is 2. The molecule has 0 amide bonds. The SMILES string of the molecule is CCCCCCCCCCCCCCCC(=O)OC[C@H](COP(=O)(O)OCCN)OC(=O)CCC/C=C\C/C=C\C/C=C\CC1OC1CCCCC. The predicted molar refractivity (Wildman–Crippen MR) is 210 cm³/mol. The minimum Gasteiger partial charge on any atom is -0.462 e. The molecule has 52 heavy (non-hydrogen) atoms. The van der Waals surface area contributed by atoms with Crippen LogP contribution < -0.4 is 5.73 Å². The molecule has 1 rings (SSSR count). The smallest absolute Gasteiger partial charge is 0.462 e. The monoisotopic (exact) mass is 756 g/mol. The third-order valence-corrected chi connectivity index (χ3v) is 9.94. The molecule has 3 unspecified atom stereocenters. The van der Waals surface area contributed by atoms with E-state index in [4.69, 9.17) is 29.0 Å². The third-order valence-electron chi connectivity index (χ3n) is 8.95. The van der Waals surface area contributed by atoms with Gasteiger partial charge in [-0.3, -0.25) is 18.6 Å². The number of ether oxygens (including phenoxy) is 3. The molecular formula is C41H74NO9P. The first-order chi connectivity index (χ1) is 25.3. The second kappa shape index (κ2) is 33.7. The molecule has 1 heterocycles. The highest BCUT2D eigenvalue weighted by Gasteiger charge is 2.36. The lowest BCUT2D eigenvalue weighted by atomic mass is 10.0. The van der Waals surface area contributed by atoms with Gasteiger partial charge in [0.05, 0.1) is 25.4 Å². The number of unbranched alkanes of at least 4 members (excludes halogenated alkanes) is 15. The first-order valence-electron chi connectivity index (χ1n) is 20.6. The van der Waals surface area contributed by atoms with Gasteiger partial charge in [-0.05, 0) is 44.9 Å². The first-order valence-corrected chi connectivity index (χ1v) is 22.1. The number of carbonyl (C=O) groups is 2. The Morgan fingerprint density at radius 3 is 1.88 bits per heavy atom. The van der Waals surface area contributed by atoms with Crippen molar-refractivity contribution in [2.75, 3.05) is 26.4 Å². The lowest BCUT2D eigenvalue weighted by Crippen LogP contribution is -2.29. The maximum atomic E-state index is 12.5. The highest BCUT2D eigenvalue weighted by molar-refractivity contribution is 7.47. The molecule has 0 aromatic rings. The van der Waals surface area contributed by atoms with Crippen LogP contribution >= 0.6 is 7.82 Å². The number of carbonyl (C=O) groups excluding carboxylic acids is 2. The summed E-state index contributed by atoms with van der Waals surface area (Å²) in [6, 6.07) is 0. The molecule has 0 bridgehead atoms. The van der Waals surface area contributed by atoms with Crippen LogP contribution in [0, 0.1) is 0 Å². The molecule has 1 aliphatic heterocycles. The largest absolute Gasteiger partial charge is 0.472 e. The predicted octanol–water partition coefficient (Wildman–Crippen LogP) is 10.4. The Bertz CT molecular complexity index is 1020. The summed E-state index contributed by atoms with van der Waals surface area (Å²) in [6.45, 7) is 3.62. The average molecular weight is 756 g/mol. The van der Waals surface area contributed by atoms with Gasteiger partial charge in [-0.2, -0.15) is 0 Å². The van der Waals surface area contributed by atoms with Crippen LogP contribution in [-0.2, 0) is 37.4 Å². The van der Waals surface area contributed by atoms with E-state index < -0.39 is 32.5 Å². The normalized spacial score (nSPS) is 17.6. The Kier molecular flexibility index (Phi) is 31.3. The van der Waals surface area contributed by atoms with E-state index in [0.717, 1.165) is 38.5 Å². The molecule has 10 nitrogen and oxygen atoms in total. The third kappa shape index (κ3) is 30.6. The Morgan fingerprint density at radius 2 is 1.25 bits per heavy atom. The van der Waals surface area contributed by atoms with Crippen molar-refractivity contribution < 1.29 is 42.3 Å². The van der Waals surface area contributed by atoms with Gasteiger partial charge < -0.3 is 24.8 Å². The van der Waals surface area contributed by atoms with Crippen LogP contribution in [0.3, 0.4) is 0 Å². The summed E-state index contributed by atoms with van der Waals surface area (Å²) in [5, 5.41) is 0. The fraction of sp³-hybridized carbons (Fsp3) is 0.805. The fourth-order valence-corrected chi connectivity index (χ4v) is 6.54. The van der Waals surface area contributed by atoms with E-state index in [2.05, 4.69) is 44.2 Å². The molecule has 3 N–H and O–H groups in total. The molecule has 0 aromatic heterocycles. The van der Waals surface area contributed by atoms with Crippen LogP contribution in [0.1, 0.15) is 168 Å². The maximum absolute atomic E-state index is 12.5. The second-order valence-corrected chi connectivity index (χ2v) is 15.3. The summed E-state index contributed by atoms with van der Waals surface area (Å²) in [6.07, 6.45) is 37.8. The van der Waals surface area contributed by atoms with Crippen LogP contribution in [0.15, 0.2) is 36.5 Å². The summed E-state index contributed by atoms with van der Waals surface area (Å²) in [5.41, 5.74) is 5.33. The van der Waals surface area contributed by atoms with Crippen LogP contribution in [0.2, 0.25) is 0 Å². The number of phosphoric ester groups is 1. The van der Waals surface area contributed by atoms with Crippen molar-refractivity contribution in [1.82, 2.24) is 0 Å². The summed E-state index contributed by atoms with van der Waals surface area (Å²) >= 11 is 0. The van der Waals surface area contributed by atoms with E-state index in [0.29, 0.717) is 25.0 Å². The molecule has 0 spiro atoms. The summed E-state index contributed by atoms with van der Waals surface area (Å²) in [7, 11) is -4.39. The topological polar surface area (TPSA) is 147 Å². The van der Waals surface area contributed by atoms with Crippen LogP contribution in [0.5, 0.6) is 0 Å². The van der Waals surface area contributed by atoms with Crippen LogP contribution in [0.4, 0.5) is 0 Å². The maximum Gasteiger partial charge on any atom is 0.472 e. The number of hydrogen-bond acceptors (Lipinski definition) is 9. The van der Waals surface area contributed by atoms with Gasteiger partial charge in [0.15, 0.2) is 6.10 Å². The molecule has 0 saturated carbocycles. The van der Waals surface area contributed by atoms with Crippen molar-refractivity contribution in [2.45, 2.75) is 186 Å². The molecular weight excluding hydrogens is 681 g/mol. The molecule has 4 atom stereocenters. The Labute approximate surface area is 316 Å².